The number of non-ortho nitro benzene ring substituents is 1. The number of nitro groups is 2. The van der Waals surface area contributed by atoms with Gasteiger partial charge in [0.1, 0.15) is 5.75 Å². The summed E-state index contributed by atoms with van der Waals surface area (Å²) >= 11 is 2.11. The van der Waals surface area contributed by atoms with Gasteiger partial charge in [0, 0.05) is 15.2 Å². The van der Waals surface area contributed by atoms with Gasteiger partial charge in [-0.25, -0.2) is 5.43 Å². The third-order valence-electron chi connectivity index (χ3n) is 3.92. The summed E-state index contributed by atoms with van der Waals surface area (Å²) in [6, 6.07) is 16.6. The van der Waals surface area contributed by atoms with E-state index in [2.05, 4.69) is 33.1 Å². The first-order chi connectivity index (χ1) is 14.8. The molecule has 0 aliphatic rings. The highest BCUT2D eigenvalue weighted by Crippen LogP contribution is 2.34. The molecular weight excluding hydrogens is 519 g/mol. The number of amides is 1. The molecule has 1 N–H and O–H groups in total. The minimum Gasteiger partial charge on any atom is -0.450 e. The van der Waals surface area contributed by atoms with Gasteiger partial charge in [-0.3, -0.25) is 25.0 Å². The minimum absolute atomic E-state index is 0.123. The van der Waals surface area contributed by atoms with Crippen LogP contribution in [0.1, 0.15) is 15.9 Å². The molecule has 31 heavy (non-hydrogen) atoms. The van der Waals surface area contributed by atoms with Gasteiger partial charge in [0.15, 0.2) is 0 Å². The van der Waals surface area contributed by atoms with E-state index in [1.54, 1.807) is 42.5 Å². The van der Waals surface area contributed by atoms with Crippen LogP contribution in [0.2, 0.25) is 0 Å². The molecule has 0 bridgehead atoms. The molecule has 0 aromatic heterocycles. The van der Waals surface area contributed by atoms with Gasteiger partial charge >= 0.3 is 5.69 Å². The van der Waals surface area contributed by atoms with Crippen molar-refractivity contribution in [2.75, 3.05) is 0 Å². The van der Waals surface area contributed by atoms with Crippen LogP contribution in [0.4, 0.5) is 11.4 Å². The molecule has 3 aromatic rings. The second kappa shape index (κ2) is 9.75. The Hall–Kier alpha value is -3.87. The summed E-state index contributed by atoms with van der Waals surface area (Å²) in [6.07, 6.45) is 1.43. The maximum absolute atomic E-state index is 12.1. The van der Waals surface area contributed by atoms with Crippen LogP contribution in [0, 0.1) is 23.8 Å². The summed E-state index contributed by atoms with van der Waals surface area (Å²) in [5, 5.41) is 25.9. The third kappa shape index (κ3) is 5.82. The molecule has 0 saturated carbocycles. The first kappa shape index (κ1) is 21.8. The second-order valence-corrected chi connectivity index (χ2v) is 7.29. The Morgan fingerprint density at radius 2 is 1.74 bits per heavy atom. The minimum atomic E-state index is -0.750. The van der Waals surface area contributed by atoms with Crippen LogP contribution < -0.4 is 10.2 Å². The van der Waals surface area contributed by atoms with E-state index in [9.17, 15) is 25.0 Å². The van der Waals surface area contributed by atoms with Gasteiger partial charge in [-0.05, 0) is 76.7 Å². The monoisotopic (exact) mass is 532 g/mol. The van der Waals surface area contributed by atoms with Crippen LogP contribution in [-0.4, -0.2) is 22.0 Å². The first-order valence-electron chi connectivity index (χ1n) is 8.63. The molecule has 0 spiro atoms. The van der Waals surface area contributed by atoms with Crippen molar-refractivity contribution in [3.8, 4) is 11.5 Å². The maximum atomic E-state index is 12.1. The van der Waals surface area contributed by atoms with Crippen molar-refractivity contribution in [3.63, 3.8) is 0 Å². The number of nitrogens with one attached hydrogen (secondary N) is 1. The number of hydrogen-bond donors (Lipinski definition) is 1. The van der Waals surface area contributed by atoms with Crippen molar-refractivity contribution >= 4 is 46.1 Å². The van der Waals surface area contributed by atoms with Gasteiger partial charge < -0.3 is 4.74 Å². The summed E-state index contributed by atoms with van der Waals surface area (Å²) in [7, 11) is 0. The molecule has 0 radical (unpaired) electrons. The number of halogens is 1. The van der Waals surface area contributed by atoms with Gasteiger partial charge in [-0.1, -0.05) is 6.07 Å². The molecule has 3 aromatic carbocycles. The van der Waals surface area contributed by atoms with Crippen molar-refractivity contribution in [3.05, 3.63) is 102 Å². The quantitative estimate of drug-likeness (QED) is 0.203. The Kier molecular flexibility index (Phi) is 6.87. The van der Waals surface area contributed by atoms with Crippen molar-refractivity contribution in [1.82, 2.24) is 5.43 Å². The van der Waals surface area contributed by atoms with Crippen LogP contribution in [-0.2, 0) is 0 Å². The molecule has 11 heteroatoms. The predicted octanol–water partition coefficient (Wildman–Crippen LogP) is 4.66. The molecular formula is C20H13IN4O6. The molecule has 3 rings (SSSR count). The molecule has 0 heterocycles. The lowest BCUT2D eigenvalue weighted by Gasteiger charge is -2.06. The van der Waals surface area contributed by atoms with Gasteiger partial charge in [0.25, 0.3) is 11.6 Å². The fraction of sp³-hybridized carbons (Fsp3) is 0. The molecule has 10 nitrogen and oxygen atoms in total. The van der Waals surface area contributed by atoms with E-state index in [1.165, 1.54) is 12.3 Å². The Bertz CT molecular complexity index is 1180. The topological polar surface area (TPSA) is 137 Å². The van der Waals surface area contributed by atoms with Gasteiger partial charge in [0.2, 0.25) is 5.75 Å². The van der Waals surface area contributed by atoms with Crippen LogP contribution in [0.3, 0.4) is 0 Å². The van der Waals surface area contributed by atoms with E-state index in [4.69, 9.17) is 4.74 Å². The summed E-state index contributed by atoms with van der Waals surface area (Å²) < 4.78 is 6.42. The summed E-state index contributed by atoms with van der Waals surface area (Å²) in [5.74, 6) is -0.182. The average Bonchev–Trinajstić information content (AvgIpc) is 2.75. The number of hydrazone groups is 1. The third-order valence-corrected chi connectivity index (χ3v) is 4.60. The van der Waals surface area contributed by atoms with Crippen LogP contribution in [0.15, 0.2) is 71.8 Å². The fourth-order valence-corrected chi connectivity index (χ4v) is 3.00. The van der Waals surface area contributed by atoms with Gasteiger partial charge in [0.05, 0.1) is 22.1 Å². The zero-order chi connectivity index (χ0) is 22.4. The van der Waals surface area contributed by atoms with Crippen molar-refractivity contribution in [2.45, 2.75) is 0 Å². The smallest absolute Gasteiger partial charge is 0.318 e. The highest BCUT2D eigenvalue weighted by Gasteiger charge is 2.21. The zero-order valence-electron chi connectivity index (χ0n) is 15.6. The number of rotatable bonds is 7. The number of benzene rings is 3. The molecule has 0 atom stereocenters. The number of carbonyl (C=O) groups is 1. The average molecular weight is 532 g/mol. The summed E-state index contributed by atoms with van der Waals surface area (Å²) in [5.41, 5.74) is 2.64. The molecule has 0 aliphatic carbocycles. The van der Waals surface area contributed by atoms with Gasteiger partial charge in [-0.2, -0.15) is 5.10 Å². The van der Waals surface area contributed by atoms with E-state index >= 15 is 0 Å². The molecule has 0 unspecified atom stereocenters. The SMILES string of the molecule is O=C(N/N=C\c1ccc(Oc2ccc([N+](=O)[O-])cc2[N+](=O)[O-])cc1)c1cccc(I)c1. The Morgan fingerprint density at radius 3 is 2.39 bits per heavy atom. The fourth-order valence-electron chi connectivity index (χ4n) is 2.46. The molecule has 0 saturated heterocycles. The normalized spacial score (nSPS) is 10.6. The van der Waals surface area contributed by atoms with Gasteiger partial charge in [-0.15, -0.1) is 0 Å². The van der Waals surface area contributed by atoms with E-state index in [0.29, 0.717) is 11.1 Å². The number of carbonyl (C=O) groups excluding carboxylic acids is 1. The van der Waals surface area contributed by atoms with Crippen LogP contribution >= 0.6 is 22.6 Å². The lowest BCUT2D eigenvalue weighted by molar-refractivity contribution is -0.394. The number of ether oxygens (including phenoxy) is 1. The Labute approximate surface area is 189 Å². The zero-order valence-corrected chi connectivity index (χ0v) is 17.8. The molecule has 1 amide bonds. The van der Waals surface area contributed by atoms with Crippen LogP contribution in [0.25, 0.3) is 0 Å². The van der Waals surface area contributed by atoms with Crippen molar-refractivity contribution in [2.24, 2.45) is 5.10 Å². The van der Waals surface area contributed by atoms with Crippen LogP contribution in [0.5, 0.6) is 11.5 Å². The number of nitro benzene ring substituents is 2. The number of nitrogens with zero attached hydrogens (tertiary/aromatic N) is 3. The second-order valence-electron chi connectivity index (χ2n) is 6.05. The Balaban J connectivity index is 1.67. The lowest BCUT2D eigenvalue weighted by Crippen LogP contribution is -2.17. The van der Waals surface area contributed by atoms with E-state index in [-0.39, 0.29) is 17.4 Å². The van der Waals surface area contributed by atoms with E-state index in [0.717, 1.165) is 15.7 Å². The molecule has 0 fully saturated rings. The predicted molar refractivity (Wildman–Crippen MR) is 120 cm³/mol. The highest BCUT2D eigenvalue weighted by molar-refractivity contribution is 14.1. The first-order valence-corrected chi connectivity index (χ1v) is 9.71. The number of hydrogen-bond acceptors (Lipinski definition) is 7. The van der Waals surface area contributed by atoms with E-state index < -0.39 is 21.2 Å². The van der Waals surface area contributed by atoms with Crippen molar-refractivity contribution < 1.29 is 19.4 Å². The van der Waals surface area contributed by atoms with Crippen molar-refractivity contribution in [1.29, 1.82) is 0 Å². The highest BCUT2D eigenvalue weighted by atomic mass is 127. The maximum Gasteiger partial charge on any atom is 0.318 e. The largest absolute Gasteiger partial charge is 0.450 e. The van der Waals surface area contributed by atoms with E-state index in [1.807, 2.05) is 6.07 Å². The standard InChI is InChI=1S/C20H13IN4O6/c21-15-3-1-2-14(10-15)20(26)23-22-12-13-4-7-17(8-5-13)31-19-9-6-16(24(27)28)11-18(19)25(29)30/h1-12H,(H,23,26)/b22-12-. The summed E-state index contributed by atoms with van der Waals surface area (Å²) in [6.45, 7) is 0. The molecule has 156 valence electrons. The summed E-state index contributed by atoms with van der Waals surface area (Å²) in [4.78, 5) is 32.6. The Morgan fingerprint density at radius 1 is 1.00 bits per heavy atom. The molecule has 0 aliphatic heterocycles. The lowest BCUT2D eigenvalue weighted by atomic mass is 10.2.